The van der Waals surface area contributed by atoms with Gasteiger partial charge in [-0.15, -0.1) is 0 Å². The van der Waals surface area contributed by atoms with E-state index in [9.17, 15) is 13.2 Å². The zero-order valence-electron chi connectivity index (χ0n) is 16.4. The zero-order chi connectivity index (χ0) is 20.3. The van der Waals surface area contributed by atoms with Gasteiger partial charge < -0.3 is 9.64 Å². The van der Waals surface area contributed by atoms with Gasteiger partial charge in [-0.05, 0) is 61.2 Å². The molecule has 150 valence electrons. The van der Waals surface area contributed by atoms with Crippen molar-refractivity contribution in [1.82, 2.24) is 4.72 Å². The number of aryl methyl sites for hydroxylation is 1. The van der Waals surface area contributed by atoms with Crippen molar-refractivity contribution in [2.45, 2.75) is 44.0 Å². The van der Waals surface area contributed by atoms with Crippen molar-refractivity contribution in [2.75, 3.05) is 18.6 Å². The Balaban J connectivity index is 1.83. The van der Waals surface area contributed by atoms with Crippen LogP contribution in [-0.4, -0.2) is 28.0 Å². The van der Waals surface area contributed by atoms with E-state index in [1.165, 1.54) is 0 Å². The molecule has 0 aromatic heterocycles. The third-order valence-electron chi connectivity index (χ3n) is 5.07. The molecule has 1 fully saturated rings. The summed E-state index contributed by atoms with van der Waals surface area (Å²) in [4.78, 5) is 13.9. The number of rotatable bonds is 7. The van der Waals surface area contributed by atoms with Crippen LogP contribution in [0.15, 0.2) is 47.4 Å². The standard InChI is InChI=1S/C21H26N2O4S/c1-4-19(16-7-9-17(27-3)10-8-16)22-28(25,26)18-11-12-20(15(2)14-18)23-13-5-6-21(23)24/h7-12,14,19,22H,4-6,13H2,1-3H3. The molecule has 1 aliphatic rings. The predicted octanol–water partition coefficient (Wildman–Crippen LogP) is 3.56. The van der Waals surface area contributed by atoms with Crippen LogP contribution in [0.2, 0.25) is 0 Å². The molecule has 2 aromatic carbocycles. The summed E-state index contributed by atoms with van der Waals surface area (Å²) in [6.45, 7) is 4.45. The summed E-state index contributed by atoms with van der Waals surface area (Å²) in [5.41, 5.74) is 2.43. The van der Waals surface area contributed by atoms with Gasteiger partial charge >= 0.3 is 0 Å². The fraction of sp³-hybridized carbons (Fsp3) is 0.381. The smallest absolute Gasteiger partial charge is 0.241 e. The quantitative estimate of drug-likeness (QED) is 0.768. The van der Waals surface area contributed by atoms with Gasteiger partial charge in [0.25, 0.3) is 0 Å². The molecule has 7 heteroatoms. The van der Waals surface area contributed by atoms with Gasteiger partial charge in [0.2, 0.25) is 15.9 Å². The highest BCUT2D eigenvalue weighted by atomic mass is 32.2. The first-order valence-corrected chi connectivity index (χ1v) is 10.9. The number of carbonyl (C=O) groups is 1. The van der Waals surface area contributed by atoms with E-state index < -0.39 is 10.0 Å². The SMILES string of the molecule is CCC(NS(=O)(=O)c1ccc(N2CCCC2=O)c(C)c1)c1ccc(OC)cc1. The van der Waals surface area contributed by atoms with Crippen LogP contribution in [-0.2, 0) is 14.8 Å². The van der Waals surface area contributed by atoms with Gasteiger partial charge in [0.1, 0.15) is 5.75 Å². The van der Waals surface area contributed by atoms with Crippen molar-refractivity contribution in [3.05, 3.63) is 53.6 Å². The van der Waals surface area contributed by atoms with Crippen LogP contribution in [0.5, 0.6) is 5.75 Å². The molecule has 1 amide bonds. The van der Waals surface area contributed by atoms with Gasteiger partial charge in [0.15, 0.2) is 0 Å². The molecule has 1 aliphatic heterocycles. The Bertz CT molecular complexity index is 955. The van der Waals surface area contributed by atoms with Crippen molar-refractivity contribution in [2.24, 2.45) is 0 Å². The summed E-state index contributed by atoms with van der Waals surface area (Å²) in [5, 5.41) is 0. The predicted molar refractivity (Wildman–Crippen MR) is 109 cm³/mol. The molecule has 0 radical (unpaired) electrons. The Morgan fingerprint density at radius 2 is 1.89 bits per heavy atom. The van der Waals surface area contributed by atoms with Gasteiger partial charge in [-0.3, -0.25) is 4.79 Å². The molecule has 1 heterocycles. The molecule has 0 saturated carbocycles. The molecule has 3 rings (SSSR count). The van der Waals surface area contributed by atoms with Crippen molar-refractivity contribution >= 4 is 21.6 Å². The van der Waals surface area contributed by atoms with Crippen molar-refractivity contribution < 1.29 is 17.9 Å². The third kappa shape index (κ3) is 4.20. The maximum absolute atomic E-state index is 12.9. The molecule has 1 atom stereocenters. The van der Waals surface area contributed by atoms with Crippen LogP contribution in [0.25, 0.3) is 0 Å². The molecule has 1 saturated heterocycles. The Labute approximate surface area is 166 Å². The minimum atomic E-state index is -3.70. The highest BCUT2D eigenvalue weighted by Crippen LogP contribution is 2.28. The lowest BCUT2D eigenvalue weighted by Gasteiger charge is -2.21. The average molecular weight is 403 g/mol. The Morgan fingerprint density at radius 1 is 1.18 bits per heavy atom. The van der Waals surface area contributed by atoms with E-state index in [0.29, 0.717) is 19.4 Å². The molecule has 0 aliphatic carbocycles. The fourth-order valence-electron chi connectivity index (χ4n) is 3.48. The lowest BCUT2D eigenvalue weighted by Crippen LogP contribution is -2.29. The van der Waals surface area contributed by atoms with Crippen molar-refractivity contribution in [3.8, 4) is 5.75 Å². The van der Waals surface area contributed by atoms with E-state index in [-0.39, 0.29) is 16.8 Å². The lowest BCUT2D eigenvalue weighted by atomic mass is 10.1. The van der Waals surface area contributed by atoms with Gasteiger partial charge in [0, 0.05) is 24.7 Å². The van der Waals surface area contributed by atoms with E-state index in [2.05, 4.69) is 4.72 Å². The van der Waals surface area contributed by atoms with Crippen LogP contribution in [0.3, 0.4) is 0 Å². The number of hydrogen-bond donors (Lipinski definition) is 1. The van der Waals surface area contributed by atoms with Gasteiger partial charge in [0.05, 0.1) is 12.0 Å². The number of hydrogen-bond acceptors (Lipinski definition) is 4. The van der Waals surface area contributed by atoms with E-state index in [1.54, 1.807) is 30.2 Å². The van der Waals surface area contributed by atoms with Crippen LogP contribution < -0.4 is 14.4 Å². The van der Waals surface area contributed by atoms with Crippen LogP contribution >= 0.6 is 0 Å². The minimum Gasteiger partial charge on any atom is -0.497 e. The second-order valence-corrected chi connectivity index (χ2v) is 8.67. The molecule has 2 aromatic rings. The van der Waals surface area contributed by atoms with Crippen LogP contribution in [0.4, 0.5) is 5.69 Å². The molecule has 1 unspecified atom stereocenters. The summed E-state index contributed by atoms with van der Waals surface area (Å²) in [5.74, 6) is 0.812. The first-order chi connectivity index (χ1) is 13.4. The first-order valence-electron chi connectivity index (χ1n) is 9.43. The third-order valence-corrected chi connectivity index (χ3v) is 6.54. The first kappa shape index (κ1) is 20.4. The van der Waals surface area contributed by atoms with Gasteiger partial charge in [-0.2, -0.15) is 0 Å². The Hall–Kier alpha value is -2.38. The number of methoxy groups -OCH3 is 1. The van der Waals surface area contributed by atoms with Crippen molar-refractivity contribution in [3.63, 3.8) is 0 Å². The summed E-state index contributed by atoms with van der Waals surface area (Å²) < 4.78 is 33.8. The normalized spacial score (nSPS) is 15.7. The second kappa shape index (κ2) is 8.32. The summed E-state index contributed by atoms with van der Waals surface area (Å²) in [6, 6.07) is 11.9. The van der Waals surface area contributed by atoms with Crippen LogP contribution in [0.1, 0.15) is 43.4 Å². The molecule has 6 nitrogen and oxygen atoms in total. The second-order valence-electron chi connectivity index (χ2n) is 6.95. The monoisotopic (exact) mass is 402 g/mol. The zero-order valence-corrected chi connectivity index (χ0v) is 17.3. The molecule has 0 bridgehead atoms. The molecular weight excluding hydrogens is 376 g/mol. The number of nitrogens with zero attached hydrogens (tertiary/aromatic N) is 1. The summed E-state index contributed by atoms with van der Waals surface area (Å²) in [7, 11) is -2.10. The summed E-state index contributed by atoms with van der Waals surface area (Å²) >= 11 is 0. The van der Waals surface area contributed by atoms with Gasteiger partial charge in [-0.1, -0.05) is 19.1 Å². The highest BCUT2D eigenvalue weighted by molar-refractivity contribution is 7.89. The molecule has 1 N–H and O–H groups in total. The number of carbonyl (C=O) groups excluding carboxylic acids is 1. The Morgan fingerprint density at radius 3 is 2.43 bits per heavy atom. The highest BCUT2D eigenvalue weighted by Gasteiger charge is 2.25. The average Bonchev–Trinajstić information content (AvgIpc) is 3.12. The number of amides is 1. The minimum absolute atomic E-state index is 0.0855. The van der Waals surface area contributed by atoms with E-state index in [0.717, 1.165) is 29.0 Å². The number of anilines is 1. The van der Waals surface area contributed by atoms with Gasteiger partial charge in [-0.25, -0.2) is 13.1 Å². The molecule has 28 heavy (non-hydrogen) atoms. The van der Waals surface area contributed by atoms with Crippen LogP contribution in [0, 0.1) is 6.92 Å². The Kier molecular flexibility index (Phi) is 6.05. The summed E-state index contributed by atoms with van der Waals surface area (Å²) in [6.07, 6.45) is 1.99. The van der Waals surface area contributed by atoms with E-state index in [1.807, 2.05) is 38.1 Å². The van der Waals surface area contributed by atoms with Crippen molar-refractivity contribution in [1.29, 1.82) is 0 Å². The van der Waals surface area contributed by atoms with E-state index >= 15 is 0 Å². The fourth-order valence-corrected chi connectivity index (χ4v) is 4.87. The largest absolute Gasteiger partial charge is 0.497 e. The number of benzene rings is 2. The topological polar surface area (TPSA) is 75.7 Å². The maximum atomic E-state index is 12.9. The van der Waals surface area contributed by atoms with E-state index in [4.69, 9.17) is 4.74 Å². The number of sulfonamides is 1. The number of ether oxygens (including phenoxy) is 1. The molecule has 0 spiro atoms. The maximum Gasteiger partial charge on any atom is 0.241 e. The molecular formula is C21H26N2O4S. The lowest BCUT2D eigenvalue weighted by molar-refractivity contribution is -0.117. The number of nitrogens with one attached hydrogen (secondary N) is 1.